The average Bonchev–Trinajstić information content (AvgIpc) is 2.76. The molecule has 0 aliphatic heterocycles. The molecule has 1 heterocycles. The second-order valence-electron chi connectivity index (χ2n) is 5.30. The Hall–Kier alpha value is -2.11. The SMILES string of the molecule is COC(=O)n1ccc2c(F)c(OC(C)(C)C)c(F)cc21. The summed E-state index contributed by atoms with van der Waals surface area (Å²) in [6.45, 7) is 5.07. The van der Waals surface area contributed by atoms with Crippen LogP contribution >= 0.6 is 0 Å². The summed E-state index contributed by atoms with van der Waals surface area (Å²) in [7, 11) is 1.19. The number of carbonyl (C=O) groups excluding carboxylic acids is 1. The van der Waals surface area contributed by atoms with E-state index in [-0.39, 0.29) is 10.9 Å². The number of fused-ring (bicyclic) bond motifs is 1. The molecule has 4 nitrogen and oxygen atoms in total. The number of ether oxygens (including phenoxy) is 2. The van der Waals surface area contributed by atoms with Crippen molar-refractivity contribution < 1.29 is 23.0 Å². The van der Waals surface area contributed by atoms with Crippen LogP contribution in [0.1, 0.15) is 20.8 Å². The molecule has 1 aromatic carbocycles. The van der Waals surface area contributed by atoms with E-state index in [1.54, 1.807) is 20.8 Å². The van der Waals surface area contributed by atoms with Gasteiger partial charge in [0.25, 0.3) is 0 Å². The molecule has 2 rings (SSSR count). The molecule has 0 fully saturated rings. The standard InChI is InChI=1S/C14H15F2NO3/c1-14(2,3)20-12-9(15)7-10-8(11(12)16)5-6-17(10)13(18)19-4/h5-7H,1-4H3. The highest BCUT2D eigenvalue weighted by Gasteiger charge is 2.23. The van der Waals surface area contributed by atoms with Crippen LogP contribution in [0.3, 0.4) is 0 Å². The molecule has 6 heteroatoms. The number of rotatable bonds is 1. The van der Waals surface area contributed by atoms with Crippen LogP contribution in [0, 0.1) is 11.6 Å². The van der Waals surface area contributed by atoms with Crippen LogP contribution in [0.25, 0.3) is 10.9 Å². The molecule has 20 heavy (non-hydrogen) atoms. The molecule has 0 unspecified atom stereocenters. The topological polar surface area (TPSA) is 40.5 Å². The Labute approximate surface area is 114 Å². The second-order valence-corrected chi connectivity index (χ2v) is 5.30. The molecule has 0 amide bonds. The van der Waals surface area contributed by atoms with Gasteiger partial charge in [0.15, 0.2) is 17.4 Å². The summed E-state index contributed by atoms with van der Waals surface area (Å²) in [5.74, 6) is -2.15. The van der Waals surface area contributed by atoms with Crippen molar-refractivity contribution in [3.63, 3.8) is 0 Å². The van der Waals surface area contributed by atoms with Crippen LogP contribution in [0.4, 0.5) is 13.6 Å². The monoisotopic (exact) mass is 283 g/mol. The highest BCUT2D eigenvalue weighted by Crippen LogP contribution is 2.32. The van der Waals surface area contributed by atoms with Crippen molar-refractivity contribution in [2.45, 2.75) is 26.4 Å². The summed E-state index contributed by atoms with van der Waals surface area (Å²) in [4.78, 5) is 11.5. The lowest BCUT2D eigenvalue weighted by Gasteiger charge is -2.22. The number of aromatic nitrogens is 1. The van der Waals surface area contributed by atoms with Crippen molar-refractivity contribution in [1.29, 1.82) is 0 Å². The first-order chi connectivity index (χ1) is 9.24. The lowest BCUT2D eigenvalue weighted by Crippen LogP contribution is -2.24. The summed E-state index contributed by atoms with van der Waals surface area (Å²) in [6.07, 6.45) is 0.600. The highest BCUT2D eigenvalue weighted by atomic mass is 19.1. The van der Waals surface area contributed by atoms with E-state index in [9.17, 15) is 13.6 Å². The van der Waals surface area contributed by atoms with Gasteiger partial charge in [-0.05, 0) is 26.8 Å². The predicted molar refractivity (Wildman–Crippen MR) is 70.0 cm³/mol. The summed E-state index contributed by atoms with van der Waals surface area (Å²) >= 11 is 0. The highest BCUT2D eigenvalue weighted by molar-refractivity contribution is 5.90. The van der Waals surface area contributed by atoms with Crippen LogP contribution in [0.15, 0.2) is 18.3 Å². The molecule has 0 aliphatic carbocycles. The molecule has 0 saturated carbocycles. The van der Waals surface area contributed by atoms with Gasteiger partial charge in [-0.15, -0.1) is 0 Å². The average molecular weight is 283 g/mol. The van der Waals surface area contributed by atoms with Crippen LogP contribution in [0.5, 0.6) is 5.75 Å². The van der Waals surface area contributed by atoms with Gasteiger partial charge in [-0.3, -0.25) is 4.57 Å². The van der Waals surface area contributed by atoms with Crippen molar-refractivity contribution in [2.24, 2.45) is 0 Å². The molecular formula is C14H15F2NO3. The van der Waals surface area contributed by atoms with E-state index in [4.69, 9.17) is 4.74 Å². The quantitative estimate of drug-likeness (QED) is 0.801. The molecule has 0 atom stereocenters. The van der Waals surface area contributed by atoms with Crippen molar-refractivity contribution in [2.75, 3.05) is 7.11 Å². The fourth-order valence-corrected chi connectivity index (χ4v) is 1.85. The maximum atomic E-state index is 14.3. The molecule has 2 aromatic rings. The lowest BCUT2D eigenvalue weighted by atomic mass is 10.1. The Morgan fingerprint density at radius 2 is 1.95 bits per heavy atom. The van der Waals surface area contributed by atoms with Crippen molar-refractivity contribution in [1.82, 2.24) is 4.57 Å². The fourth-order valence-electron chi connectivity index (χ4n) is 1.85. The molecule has 0 spiro atoms. The third kappa shape index (κ3) is 2.45. The van der Waals surface area contributed by atoms with Gasteiger partial charge in [0.1, 0.15) is 5.60 Å². The Morgan fingerprint density at radius 1 is 1.30 bits per heavy atom. The molecule has 1 aromatic heterocycles. The third-order valence-electron chi connectivity index (χ3n) is 2.62. The van der Waals surface area contributed by atoms with Crippen LogP contribution in [0.2, 0.25) is 0 Å². The Bertz CT molecular complexity index is 671. The number of halogens is 2. The molecule has 0 radical (unpaired) electrons. The van der Waals surface area contributed by atoms with E-state index in [1.165, 1.54) is 19.4 Å². The van der Waals surface area contributed by atoms with E-state index < -0.39 is 29.1 Å². The fraction of sp³-hybridized carbons (Fsp3) is 0.357. The normalized spacial score (nSPS) is 11.7. The van der Waals surface area contributed by atoms with Gasteiger partial charge < -0.3 is 9.47 Å². The Morgan fingerprint density at radius 3 is 2.50 bits per heavy atom. The lowest BCUT2D eigenvalue weighted by molar-refractivity contribution is 0.118. The number of benzene rings is 1. The van der Waals surface area contributed by atoms with E-state index in [1.807, 2.05) is 0 Å². The first-order valence-corrected chi connectivity index (χ1v) is 6.01. The number of hydrogen-bond donors (Lipinski definition) is 0. The first-order valence-electron chi connectivity index (χ1n) is 6.01. The summed E-state index contributed by atoms with van der Waals surface area (Å²) in [5, 5.41) is 0.0936. The second kappa shape index (κ2) is 4.77. The molecule has 0 N–H and O–H groups in total. The summed E-state index contributed by atoms with van der Waals surface area (Å²) < 4.78 is 39.2. The maximum absolute atomic E-state index is 14.3. The van der Waals surface area contributed by atoms with Crippen LogP contribution in [-0.4, -0.2) is 23.4 Å². The van der Waals surface area contributed by atoms with E-state index in [0.717, 1.165) is 10.6 Å². The molecule has 0 aliphatic rings. The number of hydrogen-bond acceptors (Lipinski definition) is 3. The van der Waals surface area contributed by atoms with Gasteiger partial charge in [-0.2, -0.15) is 0 Å². The number of nitrogens with zero attached hydrogens (tertiary/aromatic N) is 1. The van der Waals surface area contributed by atoms with Gasteiger partial charge in [-0.1, -0.05) is 0 Å². The molecular weight excluding hydrogens is 268 g/mol. The van der Waals surface area contributed by atoms with E-state index in [0.29, 0.717) is 0 Å². The van der Waals surface area contributed by atoms with Crippen molar-refractivity contribution in [3.05, 3.63) is 30.0 Å². The minimum atomic E-state index is -0.867. The van der Waals surface area contributed by atoms with Gasteiger partial charge in [0, 0.05) is 17.6 Å². The van der Waals surface area contributed by atoms with Gasteiger partial charge in [-0.25, -0.2) is 13.6 Å². The largest absolute Gasteiger partial charge is 0.482 e. The van der Waals surface area contributed by atoms with Crippen LogP contribution in [-0.2, 0) is 4.74 Å². The van der Waals surface area contributed by atoms with Crippen molar-refractivity contribution in [3.8, 4) is 5.75 Å². The zero-order valence-electron chi connectivity index (χ0n) is 11.7. The summed E-state index contributed by atoms with van der Waals surface area (Å²) in [5.41, 5.74) is -0.645. The van der Waals surface area contributed by atoms with Gasteiger partial charge >= 0.3 is 6.09 Å². The third-order valence-corrected chi connectivity index (χ3v) is 2.62. The first kappa shape index (κ1) is 14.3. The Balaban J connectivity index is 2.63. The van der Waals surface area contributed by atoms with Crippen LogP contribution < -0.4 is 4.74 Å². The number of methoxy groups -OCH3 is 1. The summed E-state index contributed by atoms with van der Waals surface area (Å²) in [6, 6.07) is 2.42. The molecule has 0 saturated heterocycles. The number of carbonyl (C=O) groups is 1. The van der Waals surface area contributed by atoms with Crippen molar-refractivity contribution >= 4 is 17.0 Å². The predicted octanol–water partition coefficient (Wildman–Crippen LogP) is 3.71. The van der Waals surface area contributed by atoms with E-state index >= 15 is 0 Å². The molecule has 108 valence electrons. The van der Waals surface area contributed by atoms with E-state index in [2.05, 4.69) is 4.74 Å². The maximum Gasteiger partial charge on any atom is 0.418 e. The zero-order chi connectivity index (χ0) is 15.1. The minimum Gasteiger partial charge on any atom is -0.482 e. The molecule has 0 bridgehead atoms. The zero-order valence-corrected chi connectivity index (χ0v) is 11.7. The smallest absolute Gasteiger partial charge is 0.418 e. The van der Waals surface area contributed by atoms with Gasteiger partial charge in [0.2, 0.25) is 0 Å². The minimum absolute atomic E-state index is 0.0908. The Kier molecular flexibility index (Phi) is 3.41. The van der Waals surface area contributed by atoms with Gasteiger partial charge in [0.05, 0.1) is 12.6 Å².